The molecule has 0 bridgehead atoms. The predicted octanol–water partition coefficient (Wildman–Crippen LogP) is 1.81. The normalized spacial score (nSPS) is 40.5. The Kier molecular flexibility index (Phi) is 4.82. The molecule has 120 valence electrons. The maximum atomic E-state index is 11.4. The Hall–Kier alpha value is -0.650. The molecule has 0 aromatic carbocycles. The van der Waals surface area contributed by atoms with Gasteiger partial charge in [-0.15, -0.1) is 0 Å². The Bertz CT molecular complexity index is 367. The highest BCUT2D eigenvalue weighted by Gasteiger charge is 2.41. The summed E-state index contributed by atoms with van der Waals surface area (Å²) in [5.41, 5.74) is -0.0747. The molecule has 2 aliphatic heterocycles. The first kappa shape index (κ1) is 15.3. The van der Waals surface area contributed by atoms with E-state index in [0.29, 0.717) is 12.6 Å². The van der Waals surface area contributed by atoms with Crippen LogP contribution in [0.15, 0.2) is 0 Å². The number of carbonyl (C=O) groups is 1. The van der Waals surface area contributed by atoms with Crippen molar-refractivity contribution in [2.75, 3.05) is 26.4 Å². The lowest BCUT2D eigenvalue weighted by Gasteiger charge is -2.38. The van der Waals surface area contributed by atoms with Crippen molar-refractivity contribution in [1.29, 1.82) is 0 Å². The Morgan fingerprint density at radius 2 is 2.10 bits per heavy atom. The minimum absolute atomic E-state index is 0.0747. The molecule has 0 aromatic heterocycles. The topological polar surface area (TPSA) is 67.8 Å². The quantitative estimate of drug-likeness (QED) is 0.828. The van der Waals surface area contributed by atoms with E-state index in [-0.39, 0.29) is 17.4 Å². The molecule has 0 radical (unpaired) electrons. The van der Waals surface area contributed by atoms with Gasteiger partial charge < -0.3 is 19.9 Å². The van der Waals surface area contributed by atoms with Crippen molar-refractivity contribution in [2.45, 2.75) is 56.6 Å². The van der Waals surface area contributed by atoms with Gasteiger partial charge in [0.15, 0.2) is 0 Å². The maximum absolute atomic E-state index is 11.4. The molecule has 0 amide bonds. The number of hydrogen-bond donors (Lipinski definition) is 2. The van der Waals surface area contributed by atoms with Crippen LogP contribution < -0.4 is 5.32 Å². The molecule has 21 heavy (non-hydrogen) atoms. The summed E-state index contributed by atoms with van der Waals surface area (Å²) >= 11 is 0. The first-order chi connectivity index (χ1) is 10.2. The second kappa shape index (κ2) is 6.63. The van der Waals surface area contributed by atoms with Gasteiger partial charge in [0.1, 0.15) is 0 Å². The van der Waals surface area contributed by atoms with E-state index in [1.807, 2.05) is 0 Å². The van der Waals surface area contributed by atoms with Gasteiger partial charge in [-0.2, -0.15) is 0 Å². The van der Waals surface area contributed by atoms with Crippen LogP contribution in [0.1, 0.15) is 44.9 Å². The number of aliphatic carboxylic acids is 1. The highest BCUT2D eigenvalue weighted by Crippen LogP contribution is 2.34. The second-order valence-corrected chi connectivity index (χ2v) is 6.92. The third-order valence-electron chi connectivity index (χ3n) is 5.46. The molecule has 4 atom stereocenters. The average molecular weight is 297 g/mol. The molecule has 0 aromatic rings. The molecular weight excluding hydrogens is 270 g/mol. The summed E-state index contributed by atoms with van der Waals surface area (Å²) in [4.78, 5) is 11.4. The fourth-order valence-corrected chi connectivity index (χ4v) is 4.16. The molecule has 5 nitrogen and oxygen atoms in total. The van der Waals surface area contributed by atoms with Crippen molar-refractivity contribution >= 4 is 5.97 Å². The zero-order valence-electron chi connectivity index (χ0n) is 12.7. The fourth-order valence-electron chi connectivity index (χ4n) is 4.16. The molecule has 3 rings (SSSR count). The van der Waals surface area contributed by atoms with Crippen molar-refractivity contribution in [2.24, 2.45) is 11.8 Å². The Labute approximate surface area is 126 Å². The van der Waals surface area contributed by atoms with Gasteiger partial charge in [0.25, 0.3) is 0 Å². The van der Waals surface area contributed by atoms with Crippen molar-refractivity contribution < 1.29 is 19.4 Å². The second-order valence-electron chi connectivity index (χ2n) is 6.92. The monoisotopic (exact) mass is 297 g/mol. The average Bonchev–Trinajstić information content (AvgIpc) is 2.93. The van der Waals surface area contributed by atoms with Crippen LogP contribution in [-0.2, 0) is 14.3 Å². The molecule has 3 aliphatic rings. The number of ether oxygens (including phenoxy) is 2. The molecule has 1 spiro atoms. The molecule has 1 saturated carbocycles. The predicted molar refractivity (Wildman–Crippen MR) is 78.2 cm³/mol. The summed E-state index contributed by atoms with van der Waals surface area (Å²) in [5.74, 6) is -0.487. The Morgan fingerprint density at radius 1 is 1.24 bits per heavy atom. The summed E-state index contributed by atoms with van der Waals surface area (Å²) in [5, 5.41) is 13.0. The summed E-state index contributed by atoms with van der Waals surface area (Å²) in [6, 6.07) is 0.442. The molecule has 2 N–H and O–H groups in total. The lowest BCUT2D eigenvalue weighted by Crippen LogP contribution is -2.49. The summed E-state index contributed by atoms with van der Waals surface area (Å²) in [7, 11) is 0. The molecular formula is C16H27NO4. The largest absolute Gasteiger partial charge is 0.481 e. The smallest absolute Gasteiger partial charge is 0.306 e. The fraction of sp³-hybridized carbons (Fsp3) is 0.938. The number of carboxylic acid groups (broad SMARTS) is 1. The summed E-state index contributed by atoms with van der Waals surface area (Å²) in [6.45, 7) is 3.13. The van der Waals surface area contributed by atoms with E-state index in [0.717, 1.165) is 58.3 Å². The highest BCUT2D eigenvalue weighted by molar-refractivity contribution is 5.70. The van der Waals surface area contributed by atoms with Crippen LogP contribution >= 0.6 is 0 Å². The summed E-state index contributed by atoms with van der Waals surface area (Å²) < 4.78 is 11.4. The maximum Gasteiger partial charge on any atom is 0.306 e. The molecule has 4 unspecified atom stereocenters. The SMILES string of the molecule is O=C(O)C1CCCCC1CNC1CCOC2(CCOC2)C1. The van der Waals surface area contributed by atoms with Gasteiger partial charge >= 0.3 is 5.97 Å². The van der Waals surface area contributed by atoms with Gasteiger partial charge in [0.05, 0.1) is 18.1 Å². The third kappa shape index (κ3) is 3.58. The van der Waals surface area contributed by atoms with Gasteiger partial charge in [0.2, 0.25) is 0 Å². The van der Waals surface area contributed by atoms with E-state index in [1.54, 1.807) is 0 Å². The van der Waals surface area contributed by atoms with Crippen molar-refractivity contribution in [3.8, 4) is 0 Å². The van der Waals surface area contributed by atoms with Gasteiger partial charge in [-0.25, -0.2) is 0 Å². The minimum atomic E-state index is -0.617. The molecule has 3 fully saturated rings. The lowest BCUT2D eigenvalue weighted by molar-refractivity contribution is -0.145. The number of hydrogen-bond acceptors (Lipinski definition) is 4. The highest BCUT2D eigenvalue weighted by atomic mass is 16.6. The van der Waals surface area contributed by atoms with Gasteiger partial charge in [-0.1, -0.05) is 12.8 Å². The zero-order valence-corrected chi connectivity index (χ0v) is 12.7. The van der Waals surface area contributed by atoms with Gasteiger partial charge in [0, 0.05) is 25.7 Å². The van der Waals surface area contributed by atoms with Crippen LogP contribution in [0.25, 0.3) is 0 Å². The molecule has 2 saturated heterocycles. The minimum Gasteiger partial charge on any atom is -0.481 e. The van der Waals surface area contributed by atoms with E-state index in [4.69, 9.17) is 9.47 Å². The van der Waals surface area contributed by atoms with E-state index >= 15 is 0 Å². The first-order valence-electron chi connectivity index (χ1n) is 8.36. The van der Waals surface area contributed by atoms with E-state index in [1.165, 1.54) is 6.42 Å². The van der Waals surface area contributed by atoms with Crippen molar-refractivity contribution in [1.82, 2.24) is 5.32 Å². The van der Waals surface area contributed by atoms with Crippen LogP contribution in [-0.4, -0.2) is 49.1 Å². The van der Waals surface area contributed by atoms with E-state index in [2.05, 4.69) is 5.32 Å². The number of rotatable bonds is 4. The molecule has 1 aliphatic carbocycles. The van der Waals surface area contributed by atoms with Crippen LogP contribution in [0.2, 0.25) is 0 Å². The number of carboxylic acids is 1. The van der Waals surface area contributed by atoms with Crippen LogP contribution in [0.5, 0.6) is 0 Å². The van der Waals surface area contributed by atoms with Crippen molar-refractivity contribution in [3.05, 3.63) is 0 Å². The van der Waals surface area contributed by atoms with Gasteiger partial charge in [-0.3, -0.25) is 4.79 Å². The van der Waals surface area contributed by atoms with Crippen molar-refractivity contribution in [3.63, 3.8) is 0 Å². The van der Waals surface area contributed by atoms with Crippen LogP contribution in [0, 0.1) is 11.8 Å². The summed E-state index contributed by atoms with van der Waals surface area (Å²) in [6.07, 6.45) is 7.12. The molecule has 5 heteroatoms. The standard InChI is InChI=1S/C16H27NO4/c18-15(19)14-4-2-1-3-12(14)10-17-13-5-7-21-16(9-13)6-8-20-11-16/h12-14,17H,1-11H2,(H,18,19). The van der Waals surface area contributed by atoms with Gasteiger partial charge in [-0.05, 0) is 38.1 Å². The van der Waals surface area contributed by atoms with Crippen LogP contribution in [0.3, 0.4) is 0 Å². The molecule has 2 heterocycles. The Balaban J connectivity index is 1.50. The van der Waals surface area contributed by atoms with E-state index < -0.39 is 5.97 Å². The lowest BCUT2D eigenvalue weighted by atomic mass is 9.79. The zero-order chi connectivity index (χ0) is 14.7. The first-order valence-corrected chi connectivity index (χ1v) is 8.36. The third-order valence-corrected chi connectivity index (χ3v) is 5.46. The van der Waals surface area contributed by atoms with E-state index in [9.17, 15) is 9.90 Å². The van der Waals surface area contributed by atoms with Crippen LogP contribution in [0.4, 0.5) is 0 Å². The number of nitrogens with one attached hydrogen (secondary N) is 1. The Morgan fingerprint density at radius 3 is 2.86 bits per heavy atom.